The monoisotopic (exact) mass is 347 g/mol. The minimum absolute atomic E-state index is 0.0176. The molecule has 0 unspecified atom stereocenters. The molecule has 5 heteroatoms. The Morgan fingerprint density at radius 3 is 2.46 bits per heavy atom. The second-order valence-corrected chi connectivity index (χ2v) is 6.01. The average molecular weight is 347 g/mol. The van der Waals surface area contributed by atoms with Gasteiger partial charge in [0.05, 0.1) is 11.2 Å². The molecular formula is C21H15F2N3. The molecule has 128 valence electrons. The first-order valence-corrected chi connectivity index (χ1v) is 8.15. The maximum Gasteiger partial charge on any atom is 0.173 e. The summed E-state index contributed by atoms with van der Waals surface area (Å²) in [6, 6.07) is 15.1. The summed E-state index contributed by atoms with van der Waals surface area (Å²) in [7, 11) is 0. The topological polar surface area (TPSA) is 37.8 Å². The number of hydrogen-bond donors (Lipinski definition) is 1. The van der Waals surface area contributed by atoms with Crippen LogP contribution in [0.25, 0.3) is 22.2 Å². The summed E-state index contributed by atoms with van der Waals surface area (Å²) in [4.78, 5) is 8.35. The number of nitrogens with one attached hydrogen (secondary N) is 1. The van der Waals surface area contributed by atoms with Crippen LogP contribution in [0.15, 0.2) is 67.0 Å². The molecule has 0 saturated carbocycles. The zero-order valence-electron chi connectivity index (χ0n) is 14.0. The van der Waals surface area contributed by atoms with E-state index < -0.39 is 11.6 Å². The van der Waals surface area contributed by atoms with E-state index in [9.17, 15) is 4.39 Å². The van der Waals surface area contributed by atoms with Crippen LogP contribution in [0.3, 0.4) is 0 Å². The largest absolute Gasteiger partial charge is 0.352 e. The van der Waals surface area contributed by atoms with Gasteiger partial charge in [0.1, 0.15) is 11.5 Å². The molecule has 2 aromatic heterocycles. The minimum atomic E-state index is -0.593. The van der Waals surface area contributed by atoms with Gasteiger partial charge >= 0.3 is 0 Å². The molecule has 0 fully saturated rings. The highest BCUT2D eigenvalue weighted by Crippen LogP contribution is 2.35. The second-order valence-electron chi connectivity index (χ2n) is 6.01. The van der Waals surface area contributed by atoms with Gasteiger partial charge < -0.3 is 5.32 Å². The standard InChI is InChI=1S/C21H15F2N3/c1-13-6-7-18-16(12-13)21(25-14-8-10-24-11-9-14)19(23)20(26-18)15-4-2-3-5-17(15)22/h2-12H,1H3,(H,24,25,26). The van der Waals surface area contributed by atoms with Gasteiger partial charge in [-0.25, -0.2) is 13.8 Å². The van der Waals surface area contributed by atoms with E-state index in [1.54, 1.807) is 36.7 Å². The highest BCUT2D eigenvalue weighted by atomic mass is 19.1. The Bertz CT molecular complexity index is 1100. The van der Waals surface area contributed by atoms with Gasteiger partial charge in [0.2, 0.25) is 0 Å². The average Bonchev–Trinajstić information content (AvgIpc) is 2.66. The normalized spacial score (nSPS) is 10.9. The summed E-state index contributed by atoms with van der Waals surface area (Å²) >= 11 is 0. The molecule has 0 aliphatic carbocycles. The molecule has 3 nitrogen and oxygen atoms in total. The Morgan fingerprint density at radius 1 is 0.923 bits per heavy atom. The lowest BCUT2D eigenvalue weighted by molar-refractivity contribution is 0.615. The summed E-state index contributed by atoms with van der Waals surface area (Å²) in [6.07, 6.45) is 3.24. The minimum Gasteiger partial charge on any atom is -0.352 e. The Hall–Kier alpha value is -3.34. The van der Waals surface area contributed by atoms with Crippen LogP contribution in [0, 0.1) is 18.6 Å². The lowest BCUT2D eigenvalue weighted by atomic mass is 10.0. The maximum atomic E-state index is 15.4. The number of aryl methyl sites for hydroxylation is 1. The number of halogens is 2. The molecule has 4 aromatic rings. The molecule has 0 atom stereocenters. The van der Waals surface area contributed by atoms with Crippen LogP contribution in [-0.4, -0.2) is 9.97 Å². The van der Waals surface area contributed by atoms with Gasteiger partial charge in [-0.2, -0.15) is 0 Å². The zero-order valence-corrected chi connectivity index (χ0v) is 14.0. The maximum absolute atomic E-state index is 15.4. The number of fused-ring (bicyclic) bond motifs is 1. The van der Waals surface area contributed by atoms with E-state index in [0.717, 1.165) is 5.56 Å². The van der Waals surface area contributed by atoms with Gasteiger partial charge in [0, 0.05) is 29.0 Å². The second kappa shape index (κ2) is 6.52. The zero-order chi connectivity index (χ0) is 18.1. The smallest absolute Gasteiger partial charge is 0.173 e. The van der Waals surface area contributed by atoms with Crippen molar-refractivity contribution in [3.05, 3.63) is 84.2 Å². The molecule has 0 aliphatic rings. The number of anilines is 2. The first-order valence-electron chi connectivity index (χ1n) is 8.15. The molecule has 1 N–H and O–H groups in total. The van der Waals surface area contributed by atoms with Crippen molar-refractivity contribution in [2.75, 3.05) is 5.32 Å². The number of aromatic nitrogens is 2. The summed E-state index contributed by atoms with van der Waals surface area (Å²) in [5, 5.41) is 3.73. The van der Waals surface area contributed by atoms with E-state index in [0.29, 0.717) is 16.6 Å². The molecular weight excluding hydrogens is 332 g/mol. The van der Waals surface area contributed by atoms with Gasteiger partial charge in [-0.15, -0.1) is 0 Å². The highest BCUT2D eigenvalue weighted by Gasteiger charge is 2.19. The van der Waals surface area contributed by atoms with Crippen molar-refractivity contribution in [2.24, 2.45) is 0 Å². The van der Waals surface area contributed by atoms with Crippen LogP contribution in [0.4, 0.5) is 20.2 Å². The molecule has 26 heavy (non-hydrogen) atoms. The molecule has 0 spiro atoms. The van der Waals surface area contributed by atoms with E-state index in [2.05, 4.69) is 15.3 Å². The quantitative estimate of drug-likeness (QED) is 0.522. The Labute approximate surface area is 149 Å². The van der Waals surface area contributed by atoms with Crippen molar-refractivity contribution in [3.63, 3.8) is 0 Å². The molecule has 0 radical (unpaired) electrons. The van der Waals surface area contributed by atoms with Crippen molar-refractivity contribution in [2.45, 2.75) is 6.92 Å². The predicted octanol–water partition coefficient (Wildman–Crippen LogP) is 5.63. The number of rotatable bonds is 3. The first-order chi connectivity index (χ1) is 12.6. The van der Waals surface area contributed by atoms with E-state index in [1.807, 2.05) is 25.1 Å². The number of benzene rings is 2. The molecule has 4 rings (SSSR count). The van der Waals surface area contributed by atoms with Gasteiger partial charge in [0.25, 0.3) is 0 Å². The SMILES string of the molecule is Cc1ccc2nc(-c3ccccc3F)c(F)c(Nc3ccncc3)c2c1. The van der Waals surface area contributed by atoms with Crippen molar-refractivity contribution >= 4 is 22.3 Å². The Balaban J connectivity index is 1.99. The molecule has 2 aromatic carbocycles. The van der Waals surface area contributed by atoms with Crippen LogP contribution < -0.4 is 5.32 Å². The molecule has 0 bridgehead atoms. The van der Waals surface area contributed by atoms with Gasteiger partial charge in [-0.1, -0.05) is 23.8 Å². The van der Waals surface area contributed by atoms with Gasteiger partial charge in [-0.3, -0.25) is 4.98 Å². The molecule has 0 aliphatic heterocycles. The lowest BCUT2D eigenvalue weighted by Crippen LogP contribution is -2.01. The summed E-state index contributed by atoms with van der Waals surface area (Å²) in [5.74, 6) is -1.11. The van der Waals surface area contributed by atoms with Gasteiger partial charge in [-0.05, 0) is 43.3 Å². The van der Waals surface area contributed by atoms with Gasteiger partial charge in [0.15, 0.2) is 5.82 Å². The predicted molar refractivity (Wildman–Crippen MR) is 99.4 cm³/mol. The van der Waals surface area contributed by atoms with Crippen LogP contribution in [-0.2, 0) is 0 Å². The van der Waals surface area contributed by atoms with Crippen LogP contribution >= 0.6 is 0 Å². The third-order valence-corrected chi connectivity index (χ3v) is 4.16. The van der Waals surface area contributed by atoms with E-state index in [-0.39, 0.29) is 16.9 Å². The fourth-order valence-electron chi connectivity index (χ4n) is 2.89. The third-order valence-electron chi connectivity index (χ3n) is 4.16. The van der Waals surface area contributed by atoms with E-state index >= 15 is 4.39 Å². The van der Waals surface area contributed by atoms with Crippen LogP contribution in [0.1, 0.15) is 5.56 Å². The molecule has 2 heterocycles. The summed E-state index contributed by atoms with van der Waals surface area (Å²) in [5.41, 5.74) is 2.64. The van der Waals surface area contributed by atoms with Crippen molar-refractivity contribution < 1.29 is 8.78 Å². The number of hydrogen-bond acceptors (Lipinski definition) is 3. The molecule has 0 amide bonds. The fourth-order valence-corrected chi connectivity index (χ4v) is 2.89. The Kier molecular flexibility index (Phi) is 4.05. The Morgan fingerprint density at radius 2 is 1.69 bits per heavy atom. The number of pyridine rings is 2. The van der Waals surface area contributed by atoms with Crippen LogP contribution in [0.2, 0.25) is 0 Å². The van der Waals surface area contributed by atoms with Crippen molar-refractivity contribution in [1.82, 2.24) is 9.97 Å². The fraction of sp³-hybridized carbons (Fsp3) is 0.0476. The summed E-state index contributed by atoms with van der Waals surface area (Å²) in [6.45, 7) is 1.93. The lowest BCUT2D eigenvalue weighted by Gasteiger charge is -2.15. The van der Waals surface area contributed by atoms with E-state index in [1.165, 1.54) is 12.1 Å². The van der Waals surface area contributed by atoms with E-state index in [4.69, 9.17) is 0 Å². The third kappa shape index (κ3) is 2.88. The molecule has 0 saturated heterocycles. The number of nitrogens with zero attached hydrogens (tertiary/aromatic N) is 2. The van der Waals surface area contributed by atoms with Crippen molar-refractivity contribution in [3.8, 4) is 11.3 Å². The summed E-state index contributed by atoms with van der Waals surface area (Å²) < 4.78 is 29.6. The first kappa shape index (κ1) is 16.1. The van der Waals surface area contributed by atoms with Crippen molar-refractivity contribution in [1.29, 1.82) is 0 Å². The highest BCUT2D eigenvalue weighted by molar-refractivity contribution is 5.96. The van der Waals surface area contributed by atoms with Crippen LogP contribution in [0.5, 0.6) is 0 Å².